The van der Waals surface area contributed by atoms with Crippen molar-refractivity contribution >= 4 is 5.91 Å². The number of aliphatic hydroxyl groups is 1. The molecule has 0 saturated heterocycles. The van der Waals surface area contributed by atoms with Gasteiger partial charge in [0.05, 0.1) is 12.1 Å². The van der Waals surface area contributed by atoms with Crippen LogP contribution in [-0.2, 0) is 17.3 Å². The van der Waals surface area contributed by atoms with Crippen molar-refractivity contribution in [2.24, 2.45) is 0 Å². The van der Waals surface area contributed by atoms with Gasteiger partial charge in [-0.25, -0.2) is 0 Å². The molecule has 1 aliphatic carbocycles. The molecule has 192 valence electrons. The molecule has 0 fully saturated rings. The number of nitrogens with zero attached hydrogens (tertiary/aromatic N) is 1. The quantitative estimate of drug-likeness (QED) is 0.419. The summed E-state index contributed by atoms with van der Waals surface area (Å²) in [7, 11) is 1.66. The van der Waals surface area contributed by atoms with Crippen molar-refractivity contribution in [3.63, 3.8) is 0 Å². The number of carbonyl (C=O) groups excluding carboxylic acids is 1. The van der Waals surface area contributed by atoms with Gasteiger partial charge < -0.3 is 19.5 Å². The lowest BCUT2D eigenvalue weighted by atomic mass is 9.62. The number of carbonyl (C=O) groups is 1. The van der Waals surface area contributed by atoms with E-state index in [1.54, 1.807) is 32.2 Å². The number of aryl methyl sites for hydroxylation is 1. The van der Waals surface area contributed by atoms with E-state index in [1.165, 1.54) is 45.7 Å². The van der Waals surface area contributed by atoms with Crippen LogP contribution in [0, 0.1) is 6.92 Å². The van der Waals surface area contributed by atoms with Crippen molar-refractivity contribution in [3.8, 4) is 5.75 Å². The molecule has 2 aromatic carbocycles. The number of furan rings is 1. The molecule has 0 saturated carbocycles. The predicted molar refractivity (Wildman–Crippen MR) is 143 cm³/mol. The van der Waals surface area contributed by atoms with Crippen LogP contribution in [0.1, 0.15) is 97.7 Å². The number of benzene rings is 2. The summed E-state index contributed by atoms with van der Waals surface area (Å²) in [4.78, 5) is 14.6. The number of rotatable bonds is 6. The van der Waals surface area contributed by atoms with Crippen molar-refractivity contribution < 1.29 is 19.4 Å². The van der Waals surface area contributed by atoms with Crippen molar-refractivity contribution in [2.75, 3.05) is 7.05 Å². The van der Waals surface area contributed by atoms with Crippen LogP contribution in [0.2, 0.25) is 0 Å². The number of fused-ring (bicyclic) bond motifs is 1. The Kier molecular flexibility index (Phi) is 6.82. The standard InChI is InChI=1S/C31H39NO4/c1-19-16-25-26(31(5,6)15-14-30(25,3)4)18-22(19)17-24-12-13-27(36-24)29(35)32(7)20(2)28(34)21-8-10-23(33)11-9-21/h8-13,16,18,20,28,33-34H,14-15,17H2,1-7H3. The third-order valence-corrected chi connectivity index (χ3v) is 8.17. The zero-order valence-electron chi connectivity index (χ0n) is 22.6. The number of amides is 1. The molecule has 5 nitrogen and oxygen atoms in total. The molecule has 1 amide bonds. The lowest BCUT2D eigenvalue weighted by Gasteiger charge is -2.42. The highest BCUT2D eigenvalue weighted by atomic mass is 16.4. The SMILES string of the molecule is Cc1cc2c(cc1Cc1ccc(C(=O)N(C)C(C)C(O)c3ccc(O)cc3)o1)C(C)(C)CCC2(C)C. The van der Waals surface area contributed by atoms with E-state index in [0.717, 1.165) is 12.2 Å². The number of hydrogen-bond donors (Lipinski definition) is 2. The van der Waals surface area contributed by atoms with Crippen molar-refractivity contribution in [1.29, 1.82) is 0 Å². The lowest BCUT2D eigenvalue weighted by Crippen LogP contribution is -2.38. The van der Waals surface area contributed by atoms with Gasteiger partial charge in [0.1, 0.15) is 11.5 Å². The van der Waals surface area contributed by atoms with E-state index in [-0.39, 0.29) is 28.2 Å². The Balaban J connectivity index is 1.52. The maximum atomic E-state index is 13.1. The molecule has 36 heavy (non-hydrogen) atoms. The summed E-state index contributed by atoms with van der Waals surface area (Å²) < 4.78 is 6.01. The number of aromatic hydroxyl groups is 1. The Bertz CT molecular complexity index is 1250. The Labute approximate surface area is 214 Å². The first-order chi connectivity index (χ1) is 16.8. The van der Waals surface area contributed by atoms with Gasteiger partial charge in [-0.3, -0.25) is 4.79 Å². The largest absolute Gasteiger partial charge is 0.508 e. The molecule has 1 heterocycles. The van der Waals surface area contributed by atoms with E-state index in [1.807, 2.05) is 6.07 Å². The number of phenols is 1. The zero-order valence-corrected chi connectivity index (χ0v) is 22.6. The van der Waals surface area contributed by atoms with Crippen LogP contribution < -0.4 is 0 Å². The molecule has 1 aromatic heterocycles. The predicted octanol–water partition coefficient (Wildman–Crippen LogP) is 6.43. The van der Waals surface area contributed by atoms with E-state index < -0.39 is 12.1 Å². The first kappa shape index (κ1) is 26.0. The fourth-order valence-corrected chi connectivity index (χ4v) is 5.25. The Hall–Kier alpha value is -3.05. The van der Waals surface area contributed by atoms with Gasteiger partial charge in [0, 0.05) is 13.5 Å². The van der Waals surface area contributed by atoms with E-state index in [0.29, 0.717) is 12.0 Å². The van der Waals surface area contributed by atoms with Gasteiger partial charge in [-0.15, -0.1) is 0 Å². The minimum absolute atomic E-state index is 0.132. The summed E-state index contributed by atoms with van der Waals surface area (Å²) in [6.07, 6.45) is 2.08. The van der Waals surface area contributed by atoms with Crippen molar-refractivity contribution in [3.05, 3.63) is 87.9 Å². The number of hydrogen-bond acceptors (Lipinski definition) is 4. The highest BCUT2D eigenvalue weighted by molar-refractivity contribution is 5.91. The second kappa shape index (κ2) is 9.44. The van der Waals surface area contributed by atoms with E-state index in [4.69, 9.17) is 4.42 Å². The van der Waals surface area contributed by atoms with Crippen LogP contribution in [-0.4, -0.2) is 34.1 Å². The molecule has 1 aliphatic rings. The van der Waals surface area contributed by atoms with Crippen LogP contribution in [0.15, 0.2) is 52.9 Å². The third kappa shape index (κ3) is 4.94. The van der Waals surface area contributed by atoms with Crippen molar-refractivity contribution in [2.45, 2.75) is 83.8 Å². The fourth-order valence-electron chi connectivity index (χ4n) is 5.25. The highest BCUT2D eigenvalue weighted by Crippen LogP contribution is 2.46. The Morgan fingerprint density at radius 1 is 1.00 bits per heavy atom. The van der Waals surface area contributed by atoms with Crippen molar-refractivity contribution in [1.82, 2.24) is 4.90 Å². The molecule has 2 unspecified atom stereocenters. The van der Waals surface area contributed by atoms with Gasteiger partial charge in [-0.1, -0.05) is 52.0 Å². The average molecular weight is 490 g/mol. The van der Waals surface area contributed by atoms with E-state index >= 15 is 0 Å². The first-order valence-corrected chi connectivity index (χ1v) is 12.8. The normalized spacial score (nSPS) is 17.8. The molecule has 0 aliphatic heterocycles. The Morgan fingerprint density at radius 2 is 1.58 bits per heavy atom. The minimum atomic E-state index is -0.889. The average Bonchev–Trinajstić information content (AvgIpc) is 3.30. The molecule has 0 bridgehead atoms. The summed E-state index contributed by atoms with van der Waals surface area (Å²) in [5, 5.41) is 20.2. The fraction of sp³-hybridized carbons (Fsp3) is 0.452. The van der Waals surface area contributed by atoms with Gasteiger partial charge in [-0.05, 0) is 89.6 Å². The summed E-state index contributed by atoms with van der Waals surface area (Å²) in [6.45, 7) is 13.3. The number of aliphatic hydroxyl groups excluding tert-OH is 1. The molecule has 4 rings (SSSR count). The van der Waals surface area contributed by atoms with Gasteiger partial charge in [-0.2, -0.15) is 0 Å². The number of phenolic OH excluding ortho intramolecular Hbond substituents is 1. The summed E-state index contributed by atoms with van der Waals surface area (Å²) in [6, 6.07) is 14.2. The molecule has 0 radical (unpaired) electrons. The highest BCUT2D eigenvalue weighted by Gasteiger charge is 2.37. The summed E-state index contributed by atoms with van der Waals surface area (Å²) in [5.74, 6) is 0.855. The second-order valence-corrected chi connectivity index (χ2v) is 11.7. The molecular weight excluding hydrogens is 450 g/mol. The molecule has 2 N–H and O–H groups in total. The van der Waals surface area contributed by atoms with E-state index in [9.17, 15) is 15.0 Å². The monoisotopic (exact) mass is 489 g/mol. The maximum absolute atomic E-state index is 13.1. The molecule has 3 aromatic rings. The molecule has 2 atom stereocenters. The van der Waals surface area contributed by atoms with Gasteiger partial charge >= 0.3 is 0 Å². The van der Waals surface area contributed by atoms with Crippen LogP contribution in [0.3, 0.4) is 0 Å². The Morgan fingerprint density at radius 3 is 2.19 bits per heavy atom. The van der Waals surface area contributed by atoms with Crippen LogP contribution in [0.4, 0.5) is 0 Å². The third-order valence-electron chi connectivity index (χ3n) is 8.17. The maximum Gasteiger partial charge on any atom is 0.289 e. The smallest absolute Gasteiger partial charge is 0.289 e. The number of likely N-dealkylation sites (N-methyl/N-ethyl adjacent to an activating group) is 1. The van der Waals surface area contributed by atoms with Gasteiger partial charge in [0.2, 0.25) is 0 Å². The summed E-state index contributed by atoms with van der Waals surface area (Å²) >= 11 is 0. The molecular formula is C31H39NO4. The first-order valence-electron chi connectivity index (χ1n) is 12.8. The van der Waals surface area contributed by atoms with Crippen LogP contribution >= 0.6 is 0 Å². The van der Waals surface area contributed by atoms with Crippen LogP contribution in [0.25, 0.3) is 0 Å². The van der Waals surface area contributed by atoms with E-state index in [2.05, 4.69) is 46.8 Å². The van der Waals surface area contributed by atoms with Gasteiger partial charge in [0.15, 0.2) is 5.76 Å². The molecule has 5 heteroatoms. The lowest BCUT2D eigenvalue weighted by molar-refractivity contribution is 0.0460. The minimum Gasteiger partial charge on any atom is -0.508 e. The summed E-state index contributed by atoms with van der Waals surface area (Å²) in [5.41, 5.74) is 6.26. The zero-order chi connectivity index (χ0) is 26.4. The second-order valence-electron chi connectivity index (χ2n) is 11.7. The topological polar surface area (TPSA) is 73.9 Å². The molecule has 0 spiro atoms. The van der Waals surface area contributed by atoms with Crippen LogP contribution in [0.5, 0.6) is 5.75 Å². The van der Waals surface area contributed by atoms with Gasteiger partial charge in [0.25, 0.3) is 5.91 Å².